The van der Waals surface area contributed by atoms with E-state index in [1.807, 2.05) is 6.92 Å². The molecule has 0 aliphatic carbocycles. The van der Waals surface area contributed by atoms with E-state index in [0.717, 1.165) is 5.69 Å². The number of aryl methyl sites for hydroxylation is 1. The van der Waals surface area contributed by atoms with E-state index in [4.69, 9.17) is 4.74 Å². The summed E-state index contributed by atoms with van der Waals surface area (Å²) in [6.45, 7) is 1.66. The molecule has 0 unspecified atom stereocenters. The normalized spacial score (nSPS) is 19.7. The first kappa shape index (κ1) is 19.4. The molecule has 2 aliphatic heterocycles. The van der Waals surface area contributed by atoms with Crippen LogP contribution in [0.25, 0.3) is 0 Å². The number of nitrogens with zero attached hydrogens (tertiary/aromatic N) is 2. The minimum absolute atomic E-state index is 0.0442. The summed E-state index contributed by atoms with van der Waals surface area (Å²) in [5.74, 6) is 3.52. The van der Waals surface area contributed by atoms with Gasteiger partial charge in [0.2, 0.25) is 5.54 Å². The largest absolute Gasteiger partial charge is 0.494 e. The molecule has 1 aromatic heterocycles. The first-order valence-electron chi connectivity index (χ1n) is 9.07. The Morgan fingerprint density at radius 3 is 2.70 bits per heavy atom. The van der Waals surface area contributed by atoms with Gasteiger partial charge in [0.25, 0.3) is 11.8 Å². The van der Waals surface area contributed by atoms with E-state index in [1.54, 1.807) is 24.4 Å². The van der Waals surface area contributed by atoms with Crippen molar-refractivity contribution in [2.45, 2.75) is 19.0 Å². The predicted molar refractivity (Wildman–Crippen MR) is 103 cm³/mol. The summed E-state index contributed by atoms with van der Waals surface area (Å²) in [6, 6.07) is 5.82. The highest BCUT2D eigenvalue weighted by atomic mass is 19.1. The van der Waals surface area contributed by atoms with E-state index in [2.05, 4.69) is 27.5 Å². The highest BCUT2D eigenvalue weighted by molar-refractivity contribution is 6.10. The molecule has 1 saturated heterocycles. The zero-order valence-electron chi connectivity index (χ0n) is 16.2. The molecule has 4 rings (SSSR count). The van der Waals surface area contributed by atoms with E-state index in [-0.39, 0.29) is 24.4 Å². The molecule has 9 heteroatoms. The number of pyridine rings is 1. The van der Waals surface area contributed by atoms with Crippen molar-refractivity contribution in [1.82, 2.24) is 20.5 Å². The lowest BCUT2D eigenvalue weighted by Crippen LogP contribution is -2.54. The highest BCUT2D eigenvalue weighted by Crippen LogP contribution is 2.31. The van der Waals surface area contributed by atoms with Crippen LogP contribution < -0.4 is 15.4 Å². The fourth-order valence-corrected chi connectivity index (χ4v) is 3.42. The molecule has 8 nitrogen and oxygen atoms in total. The standard InChI is InChI=1S/C21H17FN4O4/c1-12-3-4-13(9-23-12)7-8-21(19(28)24-20(29)25-21)11-26-10-14-5-6-15(30-2)17(22)16(14)18(26)27/h3-6,9H,10-11H2,1-2H3,(H2,24,25,28,29)/t21-/m1/s1. The van der Waals surface area contributed by atoms with Crippen LogP contribution in [0.15, 0.2) is 30.5 Å². The summed E-state index contributed by atoms with van der Waals surface area (Å²) in [6.07, 6.45) is 1.54. The number of carbonyl (C=O) groups is 3. The second kappa shape index (κ2) is 7.15. The first-order chi connectivity index (χ1) is 14.3. The monoisotopic (exact) mass is 408 g/mol. The van der Waals surface area contributed by atoms with E-state index < -0.39 is 29.2 Å². The fraction of sp³-hybridized carbons (Fsp3) is 0.238. The maximum atomic E-state index is 14.6. The topological polar surface area (TPSA) is 101 Å². The number of fused-ring (bicyclic) bond motifs is 1. The van der Waals surface area contributed by atoms with E-state index >= 15 is 0 Å². The van der Waals surface area contributed by atoms with Crippen molar-refractivity contribution in [1.29, 1.82) is 0 Å². The van der Waals surface area contributed by atoms with Crippen molar-refractivity contribution >= 4 is 17.8 Å². The predicted octanol–water partition coefficient (Wildman–Crippen LogP) is 1.12. The Kier molecular flexibility index (Phi) is 4.62. The van der Waals surface area contributed by atoms with Gasteiger partial charge in [0, 0.05) is 24.0 Å². The third-order valence-electron chi connectivity index (χ3n) is 4.98. The molecule has 0 bridgehead atoms. The van der Waals surface area contributed by atoms with Crippen LogP contribution in [0.1, 0.15) is 27.2 Å². The lowest BCUT2D eigenvalue weighted by atomic mass is 9.99. The van der Waals surface area contributed by atoms with Crippen LogP contribution in [-0.2, 0) is 11.3 Å². The van der Waals surface area contributed by atoms with E-state index in [0.29, 0.717) is 11.1 Å². The number of methoxy groups -OCH3 is 1. The van der Waals surface area contributed by atoms with E-state index in [1.165, 1.54) is 18.1 Å². The number of benzene rings is 1. The molecule has 3 heterocycles. The number of nitrogens with one attached hydrogen (secondary N) is 2. The molecule has 2 N–H and O–H groups in total. The van der Waals surface area contributed by atoms with Crippen molar-refractivity contribution < 1.29 is 23.5 Å². The van der Waals surface area contributed by atoms with Crippen LogP contribution in [0, 0.1) is 24.6 Å². The van der Waals surface area contributed by atoms with Gasteiger partial charge in [-0.2, -0.15) is 0 Å². The van der Waals surface area contributed by atoms with E-state index in [9.17, 15) is 18.8 Å². The second-order valence-corrected chi connectivity index (χ2v) is 7.03. The molecule has 152 valence electrons. The third-order valence-corrected chi connectivity index (χ3v) is 4.98. The van der Waals surface area contributed by atoms with Crippen molar-refractivity contribution in [2.24, 2.45) is 0 Å². The number of urea groups is 1. The van der Waals surface area contributed by atoms with Gasteiger partial charge in [-0.1, -0.05) is 17.9 Å². The third kappa shape index (κ3) is 3.22. The summed E-state index contributed by atoms with van der Waals surface area (Å²) < 4.78 is 19.5. The number of hydrogen-bond acceptors (Lipinski definition) is 5. The van der Waals surface area contributed by atoms with Gasteiger partial charge < -0.3 is 15.0 Å². The van der Waals surface area contributed by atoms with Gasteiger partial charge in [-0.25, -0.2) is 9.18 Å². The maximum Gasteiger partial charge on any atom is 0.323 e. The van der Waals surface area contributed by atoms with Crippen LogP contribution in [0.4, 0.5) is 9.18 Å². The molecule has 2 aliphatic rings. The quantitative estimate of drug-likeness (QED) is 0.586. The smallest absolute Gasteiger partial charge is 0.323 e. The lowest BCUT2D eigenvalue weighted by Gasteiger charge is -2.26. The molecule has 1 atom stereocenters. The second-order valence-electron chi connectivity index (χ2n) is 7.03. The molecule has 2 aromatic rings. The first-order valence-corrected chi connectivity index (χ1v) is 9.07. The van der Waals surface area contributed by atoms with Crippen LogP contribution >= 0.6 is 0 Å². The highest BCUT2D eigenvalue weighted by Gasteiger charge is 2.48. The van der Waals surface area contributed by atoms with Crippen molar-refractivity contribution in [2.75, 3.05) is 13.7 Å². The van der Waals surface area contributed by atoms with Crippen molar-refractivity contribution in [3.8, 4) is 17.6 Å². The number of hydrogen-bond donors (Lipinski definition) is 2. The molecule has 4 amide bonds. The lowest BCUT2D eigenvalue weighted by molar-refractivity contribution is -0.122. The van der Waals surface area contributed by atoms with Crippen molar-refractivity contribution in [3.63, 3.8) is 0 Å². The summed E-state index contributed by atoms with van der Waals surface area (Å²) >= 11 is 0. The fourth-order valence-electron chi connectivity index (χ4n) is 3.42. The average molecular weight is 408 g/mol. The molecule has 0 spiro atoms. The summed E-state index contributed by atoms with van der Waals surface area (Å²) in [5, 5.41) is 4.66. The number of carbonyl (C=O) groups excluding carboxylic acids is 3. The van der Waals surface area contributed by atoms with Crippen LogP contribution in [0.3, 0.4) is 0 Å². The average Bonchev–Trinajstić information content (AvgIpc) is 3.18. The van der Waals surface area contributed by atoms with Crippen LogP contribution in [0.2, 0.25) is 0 Å². The van der Waals surface area contributed by atoms with Gasteiger partial charge in [-0.3, -0.25) is 19.9 Å². The molecule has 0 radical (unpaired) electrons. The molecule has 0 saturated carbocycles. The number of halogens is 1. The summed E-state index contributed by atoms with van der Waals surface area (Å²) in [7, 11) is 1.31. The van der Waals surface area contributed by atoms with Gasteiger partial charge in [0.05, 0.1) is 19.2 Å². The van der Waals surface area contributed by atoms with Gasteiger partial charge in [-0.05, 0) is 30.7 Å². The van der Waals surface area contributed by atoms with Gasteiger partial charge in [0.1, 0.15) is 0 Å². The Bertz CT molecular complexity index is 1140. The molecule has 1 fully saturated rings. The Morgan fingerprint density at radius 2 is 2.07 bits per heavy atom. The summed E-state index contributed by atoms with van der Waals surface area (Å²) in [5.41, 5.74) is 0.0415. The summed E-state index contributed by atoms with van der Waals surface area (Å²) in [4.78, 5) is 42.7. The zero-order valence-corrected chi connectivity index (χ0v) is 16.2. The number of aromatic nitrogens is 1. The number of rotatable bonds is 3. The van der Waals surface area contributed by atoms with Crippen LogP contribution in [-0.4, -0.2) is 46.9 Å². The minimum atomic E-state index is -1.67. The number of amides is 4. The molecule has 1 aromatic carbocycles. The minimum Gasteiger partial charge on any atom is -0.494 e. The molecular weight excluding hydrogens is 391 g/mol. The Balaban J connectivity index is 1.67. The van der Waals surface area contributed by atoms with Gasteiger partial charge in [0.15, 0.2) is 11.6 Å². The maximum absolute atomic E-state index is 14.6. The Labute approximate surface area is 171 Å². The Hall–Kier alpha value is -3.93. The SMILES string of the molecule is COc1ccc2c(c1F)C(=O)N(C[C@@]1(C#Cc3ccc(C)nc3)NC(=O)NC1=O)C2. The van der Waals surface area contributed by atoms with Gasteiger partial charge in [-0.15, -0.1) is 0 Å². The van der Waals surface area contributed by atoms with Crippen molar-refractivity contribution in [3.05, 3.63) is 58.7 Å². The molecule has 30 heavy (non-hydrogen) atoms. The number of imide groups is 1. The van der Waals surface area contributed by atoms with Gasteiger partial charge >= 0.3 is 6.03 Å². The zero-order chi connectivity index (χ0) is 21.5. The molecular formula is C21H17FN4O4. The van der Waals surface area contributed by atoms with Crippen LogP contribution in [0.5, 0.6) is 5.75 Å². The number of ether oxygens (including phenoxy) is 1. The Morgan fingerprint density at radius 1 is 1.27 bits per heavy atom.